The summed E-state index contributed by atoms with van der Waals surface area (Å²) in [4.78, 5) is 24.0. The smallest absolute Gasteiger partial charge is 0.266 e. The van der Waals surface area contributed by atoms with Gasteiger partial charge in [-0.25, -0.2) is 4.68 Å². The SMILES string of the molecule is O=C(CCn1nc(-c2ccccc2)ccc1=O)NCc1ccccc1. The molecule has 0 aliphatic heterocycles. The van der Waals surface area contributed by atoms with E-state index in [0.29, 0.717) is 12.2 Å². The molecule has 1 N–H and O–H groups in total. The number of nitrogens with one attached hydrogen (secondary N) is 1. The molecule has 3 rings (SSSR count). The van der Waals surface area contributed by atoms with Gasteiger partial charge < -0.3 is 5.32 Å². The Morgan fingerprint density at radius 1 is 0.920 bits per heavy atom. The molecular formula is C20H19N3O2. The molecule has 3 aromatic rings. The van der Waals surface area contributed by atoms with Crippen LogP contribution in [0.3, 0.4) is 0 Å². The van der Waals surface area contributed by atoms with E-state index in [2.05, 4.69) is 10.4 Å². The molecule has 0 bridgehead atoms. The summed E-state index contributed by atoms with van der Waals surface area (Å²) in [5.41, 5.74) is 2.47. The average Bonchev–Trinajstić information content (AvgIpc) is 2.67. The molecular weight excluding hydrogens is 314 g/mol. The summed E-state index contributed by atoms with van der Waals surface area (Å²) in [6.45, 7) is 0.728. The Labute approximate surface area is 145 Å². The lowest BCUT2D eigenvalue weighted by molar-refractivity contribution is -0.121. The van der Waals surface area contributed by atoms with Gasteiger partial charge in [0.05, 0.1) is 12.2 Å². The number of nitrogens with zero attached hydrogens (tertiary/aromatic N) is 2. The number of hydrogen-bond donors (Lipinski definition) is 1. The summed E-state index contributed by atoms with van der Waals surface area (Å²) in [5, 5.41) is 7.21. The zero-order chi connectivity index (χ0) is 17.5. The van der Waals surface area contributed by atoms with Crippen LogP contribution < -0.4 is 10.9 Å². The van der Waals surface area contributed by atoms with Crippen molar-refractivity contribution >= 4 is 5.91 Å². The first-order chi connectivity index (χ1) is 12.2. The van der Waals surface area contributed by atoms with Crippen LogP contribution in [-0.4, -0.2) is 15.7 Å². The molecule has 0 atom stereocenters. The third-order valence-electron chi connectivity index (χ3n) is 3.82. The van der Waals surface area contributed by atoms with Gasteiger partial charge in [0.1, 0.15) is 0 Å². The molecule has 0 aliphatic carbocycles. The second-order valence-electron chi connectivity index (χ2n) is 5.66. The van der Waals surface area contributed by atoms with E-state index in [0.717, 1.165) is 11.1 Å². The monoisotopic (exact) mass is 333 g/mol. The number of aryl methyl sites for hydroxylation is 1. The lowest BCUT2D eigenvalue weighted by atomic mass is 10.1. The van der Waals surface area contributed by atoms with Crippen LogP contribution in [0.5, 0.6) is 0 Å². The second kappa shape index (κ2) is 8.06. The Morgan fingerprint density at radius 3 is 2.32 bits per heavy atom. The minimum atomic E-state index is -0.212. The van der Waals surface area contributed by atoms with Crippen molar-refractivity contribution in [1.82, 2.24) is 15.1 Å². The van der Waals surface area contributed by atoms with Gasteiger partial charge in [-0.1, -0.05) is 60.7 Å². The number of amides is 1. The molecule has 0 unspecified atom stereocenters. The standard InChI is InChI=1S/C20H19N3O2/c24-19(21-15-16-7-3-1-4-8-16)13-14-23-20(25)12-11-18(22-23)17-9-5-2-6-10-17/h1-12H,13-15H2,(H,21,24). The van der Waals surface area contributed by atoms with Gasteiger partial charge >= 0.3 is 0 Å². The van der Waals surface area contributed by atoms with Crippen molar-refractivity contribution in [2.45, 2.75) is 19.5 Å². The predicted octanol–water partition coefficient (Wildman–Crippen LogP) is 2.62. The molecule has 0 spiro atoms. The molecule has 0 saturated heterocycles. The number of aromatic nitrogens is 2. The van der Waals surface area contributed by atoms with Crippen molar-refractivity contribution in [2.75, 3.05) is 0 Å². The molecule has 0 aliphatic rings. The third-order valence-corrected chi connectivity index (χ3v) is 3.82. The Morgan fingerprint density at radius 2 is 1.60 bits per heavy atom. The first-order valence-corrected chi connectivity index (χ1v) is 8.16. The zero-order valence-corrected chi connectivity index (χ0v) is 13.8. The van der Waals surface area contributed by atoms with Crippen LogP contribution in [0.15, 0.2) is 77.6 Å². The first kappa shape index (κ1) is 16.6. The fraction of sp³-hybridized carbons (Fsp3) is 0.150. The Kier molecular flexibility index (Phi) is 5.36. The minimum absolute atomic E-state index is 0.109. The van der Waals surface area contributed by atoms with Crippen LogP contribution in [0.1, 0.15) is 12.0 Å². The largest absolute Gasteiger partial charge is 0.352 e. The number of rotatable bonds is 6. The molecule has 25 heavy (non-hydrogen) atoms. The van der Waals surface area contributed by atoms with Crippen LogP contribution in [0.2, 0.25) is 0 Å². The number of hydrogen-bond acceptors (Lipinski definition) is 3. The van der Waals surface area contributed by atoms with E-state index in [-0.39, 0.29) is 24.4 Å². The van der Waals surface area contributed by atoms with Crippen LogP contribution >= 0.6 is 0 Å². The van der Waals surface area contributed by atoms with Crippen molar-refractivity contribution in [1.29, 1.82) is 0 Å². The average molecular weight is 333 g/mol. The zero-order valence-electron chi connectivity index (χ0n) is 13.8. The van der Waals surface area contributed by atoms with Gasteiger partial charge in [0, 0.05) is 24.6 Å². The van der Waals surface area contributed by atoms with Crippen molar-refractivity contribution < 1.29 is 4.79 Å². The van der Waals surface area contributed by atoms with Crippen molar-refractivity contribution in [3.05, 3.63) is 88.7 Å². The highest BCUT2D eigenvalue weighted by Crippen LogP contribution is 2.13. The number of carbonyl (C=O) groups excluding carboxylic acids is 1. The van der Waals surface area contributed by atoms with E-state index in [1.165, 1.54) is 10.7 Å². The summed E-state index contributed by atoms with van der Waals surface area (Å²) in [7, 11) is 0. The molecule has 5 heteroatoms. The molecule has 1 amide bonds. The van der Waals surface area contributed by atoms with E-state index in [1.54, 1.807) is 6.07 Å². The van der Waals surface area contributed by atoms with Gasteiger partial charge in [0.25, 0.3) is 5.56 Å². The summed E-state index contributed by atoms with van der Waals surface area (Å²) in [6.07, 6.45) is 0.206. The van der Waals surface area contributed by atoms with Crippen molar-refractivity contribution in [3.63, 3.8) is 0 Å². The van der Waals surface area contributed by atoms with Crippen molar-refractivity contribution in [3.8, 4) is 11.3 Å². The summed E-state index contributed by atoms with van der Waals surface area (Å²) < 4.78 is 1.34. The van der Waals surface area contributed by atoms with Gasteiger partial charge in [0.2, 0.25) is 5.91 Å². The molecule has 1 heterocycles. The summed E-state index contributed by atoms with van der Waals surface area (Å²) in [5.74, 6) is -0.109. The lowest BCUT2D eigenvalue weighted by Crippen LogP contribution is -2.28. The maximum absolute atomic E-state index is 12.0. The van der Waals surface area contributed by atoms with E-state index in [4.69, 9.17) is 0 Å². The first-order valence-electron chi connectivity index (χ1n) is 8.16. The lowest BCUT2D eigenvalue weighted by Gasteiger charge is -2.08. The highest BCUT2D eigenvalue weighted by atomic mass is 16.2. The minimum Gasteiger partial charge on any atom is -0.352 e. The van der Waals surface area contributed by atoms with Crippen LogP contribution in [-0.2, 0) is 17.9 Å². The van der Waals surface area contributed by atoms with Gasteiger partial charge in [-0.3, -0.25) is 9.59 Å². The molecule has 2 aromatic carbocycles. The quantitative estimate of drug-likeness (QED) is 0.754. The molecule has 1 aromatic heterocycles. The molecule has 0 radical (unpaired) electrons. The topological polar surface area (TPSA) is 64.0 Å². The Balaban J connectivity index is 1.61. The maximum atomic E-state index is 12.0. The fourth-order valence-electron chi connectivity index (χ4n) is 2.46. The van der Waals surface area contributed by atoms with Gasteiger partial charge in [0.15, 0.2) is 0 Å². The van der Waals surface area contributed by atoms with E-state index in [9.17, 15) is 9.59 Å². The van der Waals surface area contributed by atoms with Crippen molar-refractivity contribution in [2.24, 2.45) is 0 Å². The van der Waals surface area contributed by atoms with Crippen LogP contribution in [0.25, 0.3) is 11.3 Å². The molecule has 5 nitrogen and oxygen atoms in total. The number of carbonyl (C=O) groups is 1. The fourth-order valence-corrected chi connectivity index (χ4v) is 2.46. The summed E-state index contributed by atoms with van der Waals surface area (Å²) >= 11 is 0. The van der Waals surface area contributed by atoms with E-state index >= 15 is 0 Å². The third kappa shape index (κ3) is 4.64. The van der Waals surface area contributed by atoms with Gasteiger partial charge in [-0.2, -0.15) is 5.10 Å². The second-order valence-corrected chi connectivity index (χ2v) is 5.66. The number of benzene rings is 2. The maximum Gasteiger partial charge on any atom is 0.266 e. The molecule has 0 saturated carbocycles. The molecule has 126 valence electrons. The Hall–Kier alpha value is -3.21. The van der Waals surface area contributed by atoms with Crippen LogP contribution in [0, 0.1) is 0 Å². The predicted molar refractivity (Wildman–Crippen MR) is 96.8 cm³/mol. The normalized spacial score (nSPS) is 10.4. The Bertz CT molecular complexity index is 890. The summed E-state index contributed by atoms with van der Waals surface area (Å²) in [6, 6.07) is 22.5. The van der Waals surface area contributed by atoms with E-state index < -0.39 is 0 Å². The highest BCUT2D eigenvalue weighted by Gasteiger charge is 2.06. The van der Waals surface area contributed by atoms with Crippen LogP contribution in [0.4, 0.5) is 0 Å². The molecule has 0 fully saturated rings. The van der Waals surface area contributed by atoms with Gasteiger partial charge in [-0.15, -0.1) is 0 Å². The van der Waals surface area contributed by atoms with E-state index in [1.807, 2.05) is 60.7 Å². The highest BCUT2D eigenvalue weighted by molar-refractivity contribution is 5.75. The van der Waals surface area contributed by atoms with Gasteiger partial charge in [-0.05, 0) is 11.6 Å².